The Bertz CT molecular complexity index is 794. The van der Waals surface area contributed by atoms with Crippen LogP contribution in [0.2, 0.25) is 0 Å². The number of nitro groups is 1. The van der Waals surface area contributed by atoms with Crippen molar-refractivity contribution in [3.8, 4) is 0 Å². The second-order valence-corrected chi connectivity index (χ2v) is 5.46. The summed E-state index contributed by atoms with van der Waals surface area (Å²) in [4.78, 5) is 25.5. The Kier molecular flexibility index (Phi) is 4.62. The van der Waals surface area contributed by atoms with Crippen molar-refractivity contribution in [3.63, 3.8) is 0 Å². The van der Waals surface area contributed by atoms with Crippen molar-refractivity contribution < 1.29 is 32.4 Å². The molecule has 0 bridgehead atoms. The van der Waals surface area contributed by atoms with E-state index < -0.39 is 22.8 Å². The number of ether oxygens (including phenoxy) is 2. The second kappa shape index (κ2) is 6.20. The van der Waals surface area contributed by atoms with E-state index in [9.17, 15) is 28.1 Å². The third-order valence-corrected chi connectivity index (χ3v) is 4.00. The van der Waals surface area contributed by atoms with Gasteiger partial charge in [-0.1, -0.05) is 11.3 Å². The number of methoxy groups -OCH3 is 2. The maximum Gasteiger partial charge on any atom is 0.448 e. The standard InChI is InChI=1S/C12H10F3N3O5S/c1-22-9(19)11(23-2,12(13,14)15)17-10-16-7-5-6(18(20)21)3-4-8(7)24-10/h3-5H,1-2H3,(H,16,17). The lowest BCUT2D eigenvalue weighted by Crippen LogP contribution is -2.60. The van der Waals surface area contributed by atoms with Crippen molar-refractivity contribution in [1.82, 2.24) is 4.98 Å². The average molecular weight is 365 g/mol. The lowest BCUT2D eigenvalue weighted by atomic mass is 10.2. The SMILES string of the molecule is COC(=O)C(Nc1nc2cc([N+](=O)[O-])ccc2s1)(OC)C(F)(F)F. The van der Waals surface area contributed by atoms with Gasteiger partial charge in [-0.2, -0.15) is 13.2 Å². The summed E-state index contributed by atoms with van der Waals surface area (Å²) in [6.45, 7) is 0. The zero-order chi connectivity index (χ0) is 18.1. The Morgan fingerprint density at radius 2 is 2.04 bits per heavy atom. The van der Waals surface area contributed by atoms with Crippen molar-refractivity contribution in [1.29, 1.82) is 0 Å². The minimum atomic E-state index is -5.14. The zero-order valence-electron chi connectivity index (χ0n) is 12.2. The van der Waals surface area contributed by atoms with Gasteiger partial charge in [0.05, 0.1) is 22.2 Å². The van der Waals surface area contributed by atoms with Crippen molar-refractivity contribution in [3.05, 3.63) is 28.3 Å². The summed E-state index contributed by atoms with van der Waals surface area (Å²) >= 11 is 0.771. The number of anilines is 1. The number of aromatic nitrogens is 1. The molecule has 8 nitrogen and oxygen atoms in total. The molecule has 0 aliphatic heterocycles. The molecule has 0 saturated heterocycles. The topological polar surface area (TPSA) is 104 Å². The van der Waals surface area contributed by atoms with Crippen LogP contribution in [0, 0.1) is 10.1 Å². The Labute approximate surface area is 136 Å². The van der Waals surface area contributed by atoms with Gasteiger partial charge >= 0.3 is 17.9 Å². The smallest absolute Gasteiger partial charge is 0.448 e. The van der Waals surface area contributed by atoms with E-state index in [0.717, 1.165) is 24.5 Å². The fourth-order valence-electron chi connectivity index (χ4n) is 1.86. The molecular weight excluding hydrogens is 355 g/mol. The molecule has 0 aliphatic rings. The molecular formula is C12H10F3N3O5S. The maximum atomic E-state index is 13.3. The number of alkyl halides is 3. The summed E-state index contributed by atoms with van der Waals surface area (Å²) in [5.41, 5.74) is -3.60. The number of hydrogen-bond acceptors (Lipinski definition) is 8. The zero-order valence-corrected chi connectivity index (χ0v) is 13.0. The molecule has 0 radical (unpaired) electrons. The number of hydrogen-bond donors (Lipinski definition) is 1. The van der Waals surface area contributed by atoms with Gasteiger partial charge < -0.3 is 14.8 Å². The van der Waals surface area contributed by atoms with Gasteiger partial charge in [-0.05, 0) is 6.07 Å². The molecule has 0 aliphatic carbocycles. The van der Waals surface area contributed by atoms with Crippen LogP contribution >= 0.6 is 11.3 Å². The van der Waals surface area contributed by atoms with Crippen molar-refractivity contribution in [2.24, 2.45) is 0 Å². The van der Waals surface area contributed by atoms with Gasteiger partial charge in [0.1, 0.15) is 0 Å². The van der Waals surface area contributed by atoms with Gasteiger partial charge in [0.15, 0.2) is 5.13 Å². The average Bonchev–Trinajstić information content (AvgIpc) is 2.91. The molecule has 2 aromatic rings. The van der Waals surface area contributed by atoms with E-state index in [0.29, 0.717) is 11.8 Å². The summed E-state index contributed by atoms with van der Waals surface area (Å²) < 4.78 is 48.9. The number of nitro benzene ring substituents is 1. The molecule has 1 aromatic carbocycles. The molecule has 1 unspecified atom stereocenters. The van der Waals surface area contributed by atoms with Crippen LogP contribution in [0.4, 0.5) is 24.0 Å². The predicted molar refractivity (Wildman–Crippen MR) is 77.7 cm³/mol. The molecule has 0 saturated carbocycles. The minimum absolute atomic E-state index is 0.105. The number of esters is 1. The summed E-state index contributed by atoms with van der Waals surface area (Å²) in [6.07, 6.45) is -5.14. The molecule has 130 valence electrons. The molecule has 24 heavy (non-hydrogen) atoms. The quantitative estimate of drug-likeness (QED) is 0.376. The fourth-order valence-corrected chi connectivity index (χ4v) is 2.76. The first kappa shape index (κ1) is 17.9. The summed E-state index contributed by atoms with van der Waals surface area (Å²) in [5.74, 6) is -1.71. The first-order chi connectivity index (χ1) is 11.1. The molecule has 1 heterocycles. The molecule has 1 atom stereocenters. The normalized spacial score (nSPS) is 14.2. The Balaban J connectivity index is 2.48. The highest BCUT2D eigenvalue weighted by molar-refractivity contribution is 7.22. The van der Waals surface area contributed by atoms with Gasteiger partial charge in [-0.3, -0.25) is 10.1 Å². The van der Waals surface area contributed by atoms with Crippen molar-refractivity contribution >= 4 is 38.3 Å². The number of benzene rings is 1. The molecule has 0 fully saturated rings. The molecule has 1 N–H and O–H groups in total. The summed E-state index contributed by atoms with van der Waals surface area (Å²) in [5, 5.41) is 12.3. The number of halogens is 3. The summed E-state index contributed by atoms with van der Waals surface area (Å²) in [6, 6.07) is 3.64. The van der Waals surface area contributed by atoms with Crippen LogP contribution in [0.5, 0.6) is 0 Å². The van der Waals surface area contributed by atoms with Crippen LogP contribution in [-0.2, 0) is 14.3 Å². The third-order valence-electron chi connectivity index (χ3n) is 3.04. The van der Waals surface area contributed by atoms with Crippen molar-refractivity contribution in [2.75, 3.05) is 19.5 Å². The fraction of sp³-hybridized carbons (Fsp3) is 0.333. The number of carbonyl (C=O) groups is 1. The van der Waals surface area contributed by atoms with Crippen LogP contribution in [0.15, 0.2) is 18.2 Å². The number of rotatable bonds is 5. The van der Waals surface area contributed by atoms with Gasteiger partial charge in [-0.15, -0.1) is 0 Å². The first-order valence-corrected chi connectivity index (χ1v) is 6.99. The van der Waals surface area contributed by atoms with E-state index in [1.165, 1.54) is 12.1 Å². The van der Waals surface area contributed by atoms with Crippen LogP contribution in [-0.4, -0.2) is 42.0 Å². The van der Waals surface area contributed by atoms with E-state index in [1.54, 1.807) is 0 Å². The number of carbonyl (C=O) groups excluding carboxylic acids is 1. The Hall–Kier alpha value is -2.47. The number of fused-ring (bicyclic) bond motifs is 1. The van der Waals surface area contributed by atoms with E-state index in [2.05, 4.69) is 14.5 Å². The number of nitrogens with zero attached hydrogens (tertiary/aromatic N) is 2. The largest absolute Gasteiger partial charge is 0.465 e. The van der Waals surface area contributed by atoms with Crippen LogP contribution in [0.1, 0.15) is 0 Å². The number of non-ortho nitro benzene ring substituents is 1. The highest BCUT2D eigenvalue weighted by Crippen LogP contribution is 2.38. The third kappa shape index (κ3) is 2.97. The van der Waals surface area contributed by atoms with E-state index >= 15 is 0 Å². The van der Waals surface area contributed by atoms with Gasteiger partial charge in [0.2, 0.25) is 0 Å². The molecule has 0 spiro atoms. The van der Waals surface area contributed by atoms with Crippen molar-refractivity contribution in [2.45, 2.75) is 11.9 Å². The lowest BCUT2D eigenvalue weighted by Gasteiger charge is -2.31. The molecule has 2 rings (SSSR count). The number of nitrogens with one attached hydrogen (secondary N) is 1. The van der Waals surface area contributed by atoms with Gasteiger partial charge in [0, 0.05) is 19.2 Å². The van der Waals surface area contributed by atoms with Gasteiger partial charge in [0.25, 0.3) is 5.69 Å². The Morgan fingerprint density at radius 1 is 1.38 bits per heavy atom. The van der Waals surface area contributed by atoms with E-state index in [1.807, 2.05) is 5.32 Å². The second-order valence-electron chi connectivity index (χ2n) is 4.43. The Morgan fingerprint density at radius 3 is 2.54 bits per heavy atom. The van der Waals surface area contributed by atoms with Gasteiger partial charge in [-0.25, -0.2) is 9.78 Å². The maximum absolute atomic E-state index is 13.3. The monoisotopic (exact) mass is 365 g/mol. The van der Waals surface area contributed by atoms with Crippen LogP contribution in [0.25, 0.3) is 10.2 Å². The minimum Gasteiger partial charge on any atom is -0.465 e. The predicted octanol–water partition coefficient (Wildman–Crippen LogP) is 2.69. The molecule has 12 heteroatoms. The van der Waals surface area contributed by atoms with Crippen LogP contribution < -0.4 is 5.32 Å². The van der Waals surface area contributed by atoms with E-state index in [4.69, 9.17) is 0 Å². The molecule has 1 aromatic heterocycles. The first-order valence-electron chi connectivity index (χ1n) is 6.18. The lowest BCUT2D eigenvalue weighted by molar-refractivity contribution is -0.384. The van der Waals surface area contributed by atoms with E-state index in [-0.39, 0.29) is 16.3 Å². The highest BCUT2D eigenvalue weighted by atomic mass is 32.1. The number of thiazole rings is 1. The summed E-state index contributed by atoms with van der Waals surface area (Å²) in [7, 11) is 1.47. The highest BCUT2D eigenvalue weighted by Gasteiger charge is 2.63. The molecule has 0 amide bonds. The van der Waals surface area contributed by atoms with Crippen LogP contribution in [0.3, 0.4) is 0 Å².